The minimum Gasteiger partial charge on any atom is -0.463 e. The fourth-order valence-electron chi connectivity index (χ4n) is 4.28. The summed E-state index contributed by atoms with van der Waals surface area (Å²) in [6.07, 6.45) is 1.90. The fourth-order valence-corrected chi connectivity index (χ4v) is 6.11. The number of hydrogen-bond acceptors (Lipinski definition) is 6. The molecule has 3 heterocycles. The first kappa shape index (κ1) is 24.2. The van der Waals surface area contributed by atoms with Crippen LogP contribution in [0, 0.1) is 0 Å². The molecule has 1 aliphatic rings. The Morgan fingerprint density at radius 3 is 2.47 bits per heavy atom. The predicted octanol–water partition coefficient (Wildman–Crippen LogP) is 5.12. The summed E-state index contributed by atoms with van der Waals surface area (Å²) in [6, 6.07) is 21.1. The van der Waals surface area contributed by atoms with E-state index < -0.39 is 12.0 Å². The normalized spacial score (nSPS) is 15.7. The quantitative estimate of drug-likeness (QED) is 0.336. The van der Waals surface area contributed by atoms with Gasteiger partial charge >= 0.3 is 5.97 Å². The molecule has 1 atom stereocenters. The lowest BCUT2D eigenvalue weighted by molar-refractivity contribution is -0.138. The highest BCUT2D eigenvalue weighted by Gasteiger charge is 2.35. The highest BCUT2D eigenvalue weighted by Crippen LogP contribution is 2.36. The lowest BCUT2D eigenvalue weighted by atomic mass is 9.97. The van der Waals surface area contributed by atoms with Gasteiger partial charge < -0.3 is 4.74 Å². The molecule has 2 aromatic carbocycles. The minimum atomic E-state index is -0.610. The van der Waals surface area contributed by atoms with Crippen molar-refractivity contribution in [2.75, 3.05) is 6.61 Å². The maximum atomic E-state index is 13.8. The van der Waals surface area contributed by atoms with Crippen LogP contribution in [0.2, 0.25) is 0 Å². The SMILES string of the molecule is CCOC(=O)C1=C(c2ccccc2)N=c2s/c(=C/c3ccc(C(C)C)cc3)c(=O)n2[C@H]1c1cccs1. The maximum absolute atomic E-state index is 13.8. The van der Waals surface area contributed by atoms with Crippen molar-refractivity contribution in [2.24, 2.45) is 4.99 Å². The molecule has 0 radical (unpaired) electrons. The molecule has 0 fully saturated rings. The van der Waals surface area contributed by atoms with Gasteiger partial charge in [0.15, 0.2) is 4.80 Å². The molecule has 182 valence electrons. The Morgan fingerprint density at radius 1 is 1.08 bits per heavy atom. The van der Waals surface area contributed by atoms with Gasteiger partial charge in [-0.05, 0) is 41.5 Å². The van der Waals surface area contributed by atoms with Crippen LogP contribution in [-0.4, -0.2) is 17.1 Å². The summed E-state index contributed by atoms with van der Waals surface area (Å²) < 4.78 is 7.69. The number of carbonyl (C=O) groups is 1. The predicted molar refractivity (Wildman–Crippen MR) is 146 cm³/mol. The van der Waals surface area contributed by atoms with Crippen molar-refractivity contribution in [1.82, 2.24) is 4.57 Å². The van der Waals surface area contributed by atoms with Crippen LogP contribution < -0.4 is 14.9 Å². The van der Waals surface area contributed by atoms with Crippen LogP contribution in [0.25, 0.3) is 11.8 Å². The number of aromatic nitrogens is 1. The summed E-state index contributed by atoms with van der Waals surface area (Å²) in [4.78, 5) is 33.4. The van der Waals surface area contributed by atoms with E-state index in [1.807, 2.05) is 66.1 Å². The fraction of sp³-hybridized carbons (Fsp3) is 0.207. The summed E-state index contributed by atoms with van der Waals surface area (Å²) in [5.41, 5.74) is 3.76. The molecule has 36 heavy (non-hydrogen) atoms. The number of ether oxygens (including phenoxy) is 1. The first-order valence-electron chi connectivity index (χ1n) is 11.9. The van der Waals surface area contributed by atoms with Crippen molar-refractivity contribution in [3.63, 3.8) is 0 Å². The van der Waals surface area contributed by atoms with Crippen molar-refractivity contribution in [1.29, 1.82) is 0 Å². The lowest BCUT2D eigenvalue weighted by Crippen LogP contribution is -2.39. The number of carbonyl (C=O) groups excluding carboxylic acids is 1. The largest absolute Gasteiger partial charge is 0.463 e. The highest BCUT2D eigenvalue weighted by atomic mass is 32.1. The van der Waals surface area contributed by atoms with Crippen LogP contribution in [-0.2, 0) is 9.53 Å². The van der Waals surface area contributed by atoms with Gasteiger partial charge in [-0.15, -0.1) is 11.3 Å². The molecule has 0 N–H and O–H groups in total. The summed E-state index contributed by atoms with van der Waals surface area (Å²) in [5, 5.41) is 1.95. The van der Waals surface area contributed by atoms with Gasteiger partial charge in [0, 0.05) is 10.4 Å². The van der Waals surface area contributed by atoms with Crippen LogP contribution in [0.3, 0.4) is 0 Å². The van der Waals surface area contributed by atoms with Gasteiger partial charge in [-0.3, -0.25) is 9.36 Å². The Labute approximate surface area is 217 Å². The number of hydrogen-bond donors (Lipinski definition) is 0. The molecule has 1 aliphatic heterocycles. The van der Waals surface area contributed by atoms with Gasteiger partial charge in [-0.25, -0.2) is 9.79 Å². The molecule has 4 aromatic rings. The van der Waals surface area contributed by atoms with Gasteiger partial charge in [0.25, 0.3) is 5.56 Å². The molecular formula is C29H26N2O3S2. The van der Waals surface area contributed by atoms with E-state index in [1.54, 1.807) is 11.5 Å². The minimum absolute atomic E-state index is 0.168. The first-order valence-corrected chi connectivity index (χ1v) is 13.6. The maximum Gasteiger partial charge on any atom is 0.338 e. The first-order chi connectivity index (χ1) is 17.5. The third-order valence-electron chi connectivity index (χ3n) is 6.09. The second kappa shape index (κ2) is 10.2. The van der Waals surface area contributed by atoms with E-state index in [1.165, 1.54) is 28.2 Å². The molecule has 5 nitrogen and oxygen atoms in total. The number of fused-ring (bicyclic) bond motifs is 1. The molecule has 5 rings (SSSR count). The number of esters is 1. The Hall–Kier alpha value is -3.55. The molecular weight excluding hydrogens is 488 g/mol. The van der Waals surface area contributed by atoms with Crippen molar-refractivity contribution in [2.45, 2.75) is 32.7 Å². The zero-order chi connectivity index (χ0) is 25.2. The van der Waals surface area contributed by atoms with Crippen LogP contribution in [0.5, 0.6) is 0 Å². The molecule has 0 saturated heterocycles. The molecule has 0 amide bonds. The number of nitrogens with zero attached hydrogens (tertiary/aromatic N) is 2. The summed E-state index contributed by atoms with van der Waals surface area (Å²) in [7, 11) is 0. The Kier molecular flexibility index (Phi) is 6.85. The van der Waals surface area contributed by atoms with Gasteiger partial charge in [0.1, 0.15) is 6.04 Å². The zero-order valence-electron chi connectivity index (χ0n) is 20.3. The van der Waals surface area contributed by atoms with Gasteiger partial charge in [0.2, 0.25) is 0 Å². The van der Waals surface area contributed by atoms with Gasteiger partial charge in [-0.1, -0.05) is 85.8 Å². The third-order valence-corrected chi connectivity index (χ3v) is 7.99. The molecule has 0 saturated carbocycles. The highest BCUT2D eigenvalue weighted by molar-refractivity contribution is 7.10. The van der Waals surface area contributed by atoms with Crippen LogP contribution in [0.15, 0.2) is 87.5 Å². The Balaban J connectivity index is 1.76. The summed E-state index contributed by atoms with van der Waals surface area (Å²) in [6.45, 7) is 6.32. The molecule has 2 aromatic heterocycles. The number of thiazole rings is 1. The van der Waals surface area contributed by atoms with E-state index >= 15 is 0 Å². The molecule has 0 spiro atoms. The van der Waals surface area contributed by atoms with Crippen molar-refractivity contribution in [3.8, 4) is 0 Å². The summed E-state index contributed by atoms with van der Waals surface area (Å²) in [5.74, 6) is -0.0232. The Morgan fingerprint density at radius 2 is 1.83 bits per heavy atom. The molecule has 0 unspecified atom stereocenters. The summed E-state index contributed by atoms with van der Waals surface area (Å²) >= 11 is 2.85. The second-order valence-corrected chi connectivity index (χ2v) is 10.8. The van der Waals surface area contributed by atoms with Crippen LogP contribution in [0.4, 0.5) is 0 Å². The van der Waals surface area contributed by atoms with Crippen molar-refractivity contribution in [3.05, 3.63) is 119 Å². The van der Waals surface area contributed by atoms with Gasteiger partial charge in [0.05, 0.1) is 22.4 Å². The van der Waals surface area contributed by atoms with E-state index in [0.717, 1.165) is 16.0 Å². The third kappa shape index (κ3) is 4.52. The monoisotopic (exact) mass is 514 g/mol. The standard InChI is InChI=1S/C29H26N2O3S2/c1-4-34-28(33)24-25(21-9-6-5-7-10-21)30-29-31(26(24)22-11-8-16-35-22)27(32)23(36-29)17-19-12-14-20(15-13-19)18(2)3/h5-18,26H,4H2,1-3H3/b23-17+/t26-/m0/s1. The molecule has 0 aliphatic carbocycles. The number of benzene rings is 2. The van der Waals surface area contributed by atoms with E-state index in [-0.39, 0.29) is 12.2 Å². The average molecular weight is 515 g/mol. The van der Waals surface area contributed by atoms with E-state index in [4.69, 9.17) is 9.73 Å². The van der Waals surface area contributed by atoms with Crippen LogP contribution >= 0.6 is 22.7 Å². The lowest BCUT2D eigenvalue weighted by Gasteiger charge is -2.24. The molecule has 7 heteroatoms. The zero-order valence-corrected chi connectivity index (χ0v) is 21.9. The van der Waals surface area contributed by atoms with Crippen molar-refractivity contribution >= 4 is 40.4 Å². The number of thiophene rings is 1. The topological polar surface area (TPSA) is 60.7 Å². The van der Waals surface area contributed by atoms with E-state index in [9.17, 15) is 9.59 Å². The smallest absolute Gasteiger partial charge is 0.338 e. The van der Waals surface area contributed by atoms with E-state index in [0.29, 0.717) is 26.5 Å². The molecule has 0 bridgehead atoms. The Bertz CT molecular complexity index is 1590. The average Bonchev–Trinajstić information content (AvgIpc) is 3.52. The number of rotatable bonds is 6. The van der Waals surface area contributed by atoms with Gasteiger partial charge in [-0.2, -0.15) is 0 Å². The van der Waals surface area contributed by atoms with E-state index in [2.05, 4.69) is 26.0 Å². The van der Waals surface area contributed by atoms with Crippen molar-refractivity contribution < 1.29 is 9.53 Å². The van der Waals surface area contributed by atoms with Crippen LogP contribution in [0.1, 0.15) is 54.3 Å². The second-order valence-electron chi connectivity index (χ2n) is 8.77.